The molecule has 0 saturated carbocycles. The van der Waals surface area contributed by atoms with Gasteiger partial charge in [-0.3, -0.25) is 14.3 Å². The van der Waals surface area contributed by atoms with Crippen molar-refractivity contribution >= 4 is 17.6 Å². The van der Waals surface area contributed by atoms with Gasteiger partial charge >= 0.3 is 5.97 Å². The maximum atomic E-state index is 12.9. The number of rotatable bonds is 4. The van der Waals surface area contributed by atoms with Gasteiger partial charge in [-0.25, -0.2) is 9.48 Å². The first-order valence-corrected chi connectivity index (χ1v) is 8.91. The number of esters is 1. The van der Waals surface area contributed by atoms with Crippen LogP contribution < -0.4 is 10.9 Å². The van der Waals surface area contributed by atoms with Crippen molar-refractivity contribution in [1.29, 1.82) is 0 Å². The van der Waals surface area contributed by atoms with Gasteiger partial charge in [-0.05, 0) is 25.1 Å². The second-order valence-corrected chi connectivity index (χ2v) is 6.67. The van der Waals surface area contributed by atoms with Crippen molar-refractivity contribution in [3.8, 4) is 5.69 Å². The van der Waals surface area contributed by atoms with Crippen LogP contribution in [0.3, 0.4) is 0 Å². The molecule has 1 aromatic heterocycles. The molecular formula is C21H19N3O4. The van der Waals surface area contributed by atoms with Crippen LogP contribution >= 0.6 is 0 Å². The zero-order valence-electron chi connectivity index (χ0n) is 15.5. The molecule has 1 amide bonds. The standard InChI is InChI=1S/C21H19N3O4/c1-13-19(20(26)24(23(13)2)14-8-4-3-5-9-14)22-18(25)12-17-15-10-6-7-11-16(15)21(27)28-17/h3-11,17H,12H2,1-2H3,(H,22,25)/t17-/m1/s1. The molecule has 0 bridgehead atoms. The second-order valence-electron chi connectivity index (χ2n) is 6.67. The Balaban J connectivity index is 1.58. The molecule has 1 N–H and O–H groups in total. The van der Waals surface area contributed by atoms with Crippen molar-refractivity contribution in [3.63, 3.8) is 0 Å². The highest BCUT2D eigenvalue weighted by Gasteiger charge is 2.32. The van der Waals surface area contributed by atoms with Gasteiger partial charge in [0.25, 0.3) is 5.56 Å². The molecule has 2 aromatic carbocycles. The van der Waals surface area contributed by atoms with E-state index in [4.69, 9.17) is 4.74 Å². The smallest absolute Gasteiger partial charge is 0.339 e. The lowest BCUT2D eigenvalue weighted by molar-refractivity contribution is -0.118. The topological polar surface area (TPSA) is 82.3 Å². The molecular weight excluding hydrogens is 358 g/mol. The summed E-state index contributed by atoms with van der Waals surface area (Å²) in [5.41, 5.74) is 2.40. The number of fused-ring (bicyclic) bond motifs is 1. The summed E-state index contributed by atoms with van der Waals surface area (Å²) in [6.45, 7) is 1.77. The number of carbonyl (C=O) groups is 2. The zero-order valence-corrected chi connectivity index (χ0v) is 15.5. The number of ether oxygens (including phenoxy) is 1. The summed E-state index contributed by atoms with van der Waals surface area (Å²) in [6, 6.07) is 16.2. The van der Waals surface area contributed by atoms with Crippen molar-refractivity contribution < 1.29 is 14.3 Å². The van der Waals surface area contributed by atoms with Gasteiger partial charge in [0.15, 0.2) is 0 Å². The molecule has 1 aliphatic rings. The van der Waals surface area contributed by atoms with Gasteiger partial charge in [0, 0.05) is 12.6 Å². The number of nitrogens with zero attached hydrogens (tertiary/aromatic N) is 2. The molecule has 0 radical (unpaired) electrons. The number of benzene rings is 2. The number of aromatic nitrogens is 2. The van der Waals surface area contributed by atoms with Crippen LogP contribution in [0.25, 0.3) is 5.69 Å². The molecule has 0 aliphatic carbocycles. The van der Waals surface area contributed by atoms with Crippen LogP contribution in [0.5, 0.6) is 0 Å². The predicted octanol–water partition coefficient (Wildman–Crippen LogP) is 2.72. The number of para-hydroxylation sites is 1. The summed E-state index contributed by atoms with van der Waals surface area (Å²) < 4.78 is 8.50. The molecule has 0 saturated heterocycles. The van der Waals surface area contributed by atoms with Gasteiger partial charge in [0.1, 0.15) is 11.8 Å². The fourth-order valence-corrected chi connectivity index (χ4v) is 3.44. The molecule has 0 fully saturated rings. The lowest BCUT2D eigenvalue weighted by Gasteiger charge is -2.10. The lowest BCUT2D eigenvalue weighted by atomic mass is 10.0. The van der Waals surface area contributed by atoms with E-state index in [0.717, 1.165) is 0 Å². The first kappa shape index (κ1) is 17.8. The quantitative estimate of drug-likeness (QED) is 0.709. The zero-order chi connectivity index (χ0) is 19.8. The molecule has 7 nitrogen and oxygen atoms in total. The minimum absolute atomic E-state index is 0.0537. The monoisotopic (exact) mass is 377 g/mol. The summed E-state index contributed by atoms with van der Waals surface area (Å²) in [7, 11) is 1.76. The Morgan fingerprint density at radius 2 is 1.75 bits per heavy atom. The lowest BCUT2D eigenvalue weighted by Crippen LogP contribution is -2.23. The number of cyclic esters (lactones) is 1. The van der Waals surface area contributed by atoms with E-state index in [2.05, 4.69) is 5.32 Å². The van der Waals surface area contributed by atoms with E-state index in [1.165, 1.54) is 4.68 Å². The largest absolute Gasteiger partial charge is 0.453 e. The Kier molecular flexibility index (Phi) is 4.35. The third kappa shape index (κ3) is 2.90. The van der Waals surface area contributed by atoms with Gasteiger partial charge in [-0.2, -0.15) is 0 Å². The average Bonchev–Trinajstić information content (AvgIpc) is 3.12. The third-order valence-electron chi connectivity index (χ3n) is 4.97. The van der Waals surface area contributed by atoms with Gasteiger partial charge in [-0.1, -0.05) is 36.4 Å². The molecule has 7 heteroatoms. The summed E-state index contributed by atoms with van der Waals surface area (Å²) in [5.74, 6) is -0.823. The van der Waals surface area contributed by atoms with Crippen LogP contribution in [0.2, 0.25) is 0 Å². The normalized spacial score (nSPS) is 15.2. The molecule has 0 spiro atoms. The molecule has 0 unspecified atom stereocenters. The maximum absolute atomic E-state index is 12.9. The summed E-state index contributed by atoms with van der Waals surface area (Å²) in [5, 5.41) is 2.70. The Hall–Kier alpha value is -3.61. The van der Waals surface area contributed by atoms with Crippen LogP contribution in [-0.2, 0) is 16.6 Å². The minimum atomic E-state index is -0.649. The molecule has 1 aliphatic heterocycles. The SMILES string of the molecule is Cc1c(NC(=O)C[C@H]2OC(=O)c3ccccc32)c(=O)n(-c2ccccc2)n1C. The number of nitrogens with one attached hydrogen (secondary N) is 1. The van der Waals surface area contributed by atoms with Gasteiger partial charge in [0.2, 0.25) is 5.91 Å². The molecule has 3 aromatic rings. The van der Waals surface area contributed by atoms with Gasteiger partial charge in [-0.15, -0.1) is 0 Å². The van der Waals surface area contributed by atoms with Crippen LogP contribution in [0.4, 0.5) is 5.69 Å². The fraction of sp³-hybridized carbons (Fsp3) is 0.190. The van der Waals surface area contributed by atoms with E-state index in [9.17, 15) is 14.4 Å². The highest BCUT2D eigenvalue weighted by atomic mass is 16.5. The molecule has 142 valence electrons. The molecule has 1 atom stereocenters. The van der Waals surface area contributed by atoms with Crippen molar-refractivity contribution in [3.05, 3.63) is 81.8 Å². The van der Waals surface area contributed by atoms with Crippen LogP contribution in [0.15, 0.2) is 59.4 Å². The number of carbonyl (C=O) groups excluding carboxylic acids is 2. The van der Waals surface area contributed by atoms with Crippen molar-refractivity contribution in [2.45, 2.75) is 19.4 Å². The Labute approximate surface area is 161 Å². The second kappa shape index (κ2) is 6.84. The van der Waals surface area contributed by atoms with Crippen molar-refractivity contribution in [2.75, 3.05) is 5.32 Å². The van der Waals surface area contributed by atoms with Gasteiger partial charge in [0.05, 0.1) is 23.4 Å². The Bertz CT molecular complexity index is 1130. The number of hydrogen-bond donors (Lipinski definition) is 1. The fourth-order valence-electron chi connectivity index (χ4n) is 3.44. The minimum Gasteiger partial charge on any atom is -0.453 e. The summed E-state index contributed by atoms with van der Waals surface area (Å²) in [6.07, 6.45) is -0.703. The number of hydrogen-bond acceptors (Lipinski definition) is 4. The van der Waals surface area contributed by atoms with E-state index in [1.807, 2.05) is 30.3 Å². The van der Waals surface area contributed by atoms with Crippen molar-refractivity contribution in [1.82, 2.24) is 9.36 Å². The van der Waals surface area contributed by atoms with Crippen LogP contribution in [0.1, 0.15) is 34.1 Å². The first-order chi connectivity index (χ1) is 13.5. The van der Waals surface area contributed by atoms with Crippen molar-refractivity contribution in [2.24, 2.45) is 7.05 Å². The van der Waals surface area contributed by atoms with Crippen LogP contribution in [0, 0.1) is 6.92 Å². The Morgan fingerprint density at radius 3 is 2.50 bits per heavy atom. The van der Waals surface area contributed by atoms with Crippen LogP contribution in [-0.4, -0.2) is 21.2 Å². The average molecular weight is 377 g/mol. The van der Waals surface area contributed by atoms with E-state index < -0.39 is 12.1 Å². The Morgan fingerprint density at radius 1 is 1.07 bits per heavy atom. The number of anilines is 1. The summed E-state index contributed by atoms with van der Waals surface area (Å²) >= 11 is 0. The summed E-state index contributed by atoms with van der Waals surface area (Å²) in [4.78, 5) is 37.4. The van der Waals surface area contributed by atoms with E-state index in [-0.39, 0.29) is 23.6 Å². The van der Waals surface area contributed by atoms with E-state index in [1.54, 1.807) is 42.9 Å². The molecule has 4 rings (SSSR count). The number of amides is 1. The maximum Gasteiger partial charge on any atom is 0.339 e. The first-order valence-electron chi connectivity index (χ1n) is 8.91. The van der Waals surface area contributed by atoms with E-state index in [0.29, 0.717) is 22.5 Å². The highest BCUT2D eigenvalue weighted by Crippen LogP contribution is 2.33. The van der Waals surface area contributed by atoms with E-state index >= 15 is 0 Å². The third-order valence-corrected chi connectivity index (χ3v) is 4.97. The predicted molar refractivity (Wildman–Crippen MR) is 104 cm³/mol. The molecule has 28 heavy (non-hydrogen) atoms. The van der Waals surface area contributed by atoms with Gasteiger partial charge < -0.3 is 10.1 Å². The molecule has 2 heterocycles. The highest BCUT2D eigenvalue weighted by molar-refractivity contribution is 5.96.